The number of alkyl halides is 1. The zero-order valence-corrected chi connectivity index (χ0v) is 11.1. The Morgan fingerprint density at radius 1 is 1.28 bits per heavy atom. The molecular formula is C12H13BrO5. The summed E-state index contributed by atoms with van der Waals surface area (Å²) in [4.78, 5) is 21.8. The van der Waals surface area contributed by atoms with Crippen LogP contribution < -0.4 is 0 Å². The van der Waals surface area contributed by atoms with Crippen LogP contribution in [0.15, 0.2) is 30.3 Å². The Morgan fingerprint density at radius 2 is 1.94 bits per heavy atom. The molecule has 0 radical (unpaired) electrons. The summed E-state index contributed by atoms with van der Waals surface area (Å²) in [5.74, 6) is -1.86. The zero-order chi connectivity index (χ0) is 13.4. The van der Waals surface area contributed by atoms with Crippen LogP contribution in [0.5, 0.6) is 0 Å². The highest BCUT2D eigenvalue weighted by atomic mass is 79.9. The van der Waals surface area contributed by atoms with Gasteiger partial charge < -0.3 is 14.6 Å². The predicted octanol–water partition coefficient (Wildman–Crippen LogP) is 1.59. The molecule has 18 heavy (non-hydrogen) atoms. The molecule has 1 unspecified atom stereocenters. The number of halogens is 1. The van der Waals surface area contributed by atoms with E-state index in [9.17, 15) is 9.59 Å². The van der Waals surface area contributed by atoms with Crippen LogP contribution in [0.25, 0.3) is 0 Å². The van der Waals surface area contributed by atoms with Gasteiger partial charge in [0.05, 0.1) is 13.2 Å². The fourth-order valence-corrected chi connectivity index (χ4v) is 1.34. The number of aliphatic carboxylic acids is 1. The lowest BCUT2D eigenvalue weighted by Gasteiger charge is -2.13. The molecule has 98 valence electrons. The molecule has 0 saturated carbocycles. The number of esters is 1. The van der Waals surface area contributed by atoms with Gasteiger partial charge >= 0.3 is 11.9 Å². The number of hydrogen-bond donors (Lipinski definition) is 1. The highest BCUT2D eigenvalue weighted by Gasteiger charge is 2.21. The first-order valence-corrected chi connectivity index (χ1v) is 6.35. The van der Waals surface area contributed by atoms with E-state index in [1.807, 2.05) is 30.3 Å². The van der Waals surface area contributed by atoms with Crippen molar-refractivity contribution >= 4 is 27.9 Å². The highest BCUT2D eigenvalue weighted by molar-refractivity contribution is 9.09. The van der Waals surface area contributed by atoms with Crippen molar-refractivity contribution in [2.24, 2.45) is 0 Å². The van der Waals surface area contributed by atoms with E-state index in [2.05, 4.69) is 20.7 Å². The molecular weight excluding hydrogens is 304 g/mol. The van der Waals surface area contributed by atoms with Crippen LogP contribution in [0, 0.1) is 0 Å². The van der Waals surface area contributed by atoms with E-state index < -0.39 is 18.0 Å². The summed E-state index contributed by atoms with van der Waals surface area (Å²) in [6.07, 6.45) is -1.28. The Bertz CT molecular complexity index is 393. The van der Waals surface area contributed by atoms with Gasteiger partial charge in [-0.2, -0.15) is 0 Å². The second-order valence-corrected chi connectivity index (χ2v) is 4.01. The van der Waals surface area contributed by atoms with E-state index in [-0.39, 0.29) is 18.5 Å². The Labute approximate surface area is 113 Å². The summed E-state index contributed by atoms with van der Waals surface area (Å²) >= 11 is 2.89. The molecule has 0 aliphatic rings. The van der Waals surface area contributed by atoms with Gasteiger partial charge in [-0.1, -0.05) is 46.3 Å². The number of carboxylic acid groups (broad SMARTS) is 1. The van der Waals surface area contributed by atoms with Crippen LogP contribution in [-0.2, 0) is 25.7 Å². The van der Waals surface area contributed by atoms with Gasteiger partial charge in [-0.05, 0) is 5.56 Å². The monoisotopic (exact) mass is 316 g/mol. The molecule has 0 fully saturated rings. The minimum Gasteiger partial charge on any atom is -0.478 e. The van der Waals surface area contributed by atoms with E-state index in [1.165, 1.54) is 0 Å². The smallest absolute Gasteiger partial charge is 0.347 e. The fraction of sp³-hybridized carbons (Fsp3) is 0.333. The van der Waals surface area contributed by atoms with Crippen molar-refractivity contribution < 1.29 is 24.2 Å². The van der Waals surface area contributed by atoms with E-state index in [4.69, 9.17) is 9.84 Å². The van der Waals surface area contributed by atoms with Crippen LogP contribution >= 0.6 is 15.9 Å². The van der Waals surface area contributed by atoms with Gasteiger partial charge in [0.25, 0.3) is 0 Å². The van der Waals surface area contributed by atoms with Crippen molar-refractivity contribution in [1.29, 1.82) is 0 Å². The Balaban J connectivity index is 2.38. The van der Waals surface area contributed by atoms with Crippen LogP contribution in [0.2, 0.25) is 0 Å². The lowest BCUT2D eigenvalue weighted by atomic mass is 10.2. The van der Waals surface area contributed by atoms with Crippen molar-refractivity contribution in [2.45, 2.75) is 12.7 Å². The molecule has 5 nitrogen and oxygen atoms in total. The standard InChI is InChI=1S/C12H13BrO5/c13-6-11(14)18-10(12(15)16)8-17-7-9-4-2-1-3-5-9/h1-5,10H,6-8H2,(H,15,16). The molecule has 0 bridgehead atoms. The van der Waals surface area contributed by atoms with Gasteiger partial charge in [-0.3, -0.25) is 4.79 Å². The molecule has 0 aromatic heterocycles. The number of carboxylic acids is 1. The average molecular weight is 317 g/mol. The minimum absolute atomic E-state index is 0.0462. The summed E-state index contributed by atoms with van der Waals surface area (Å²) in [6.45, 7) is 0.0967. The zero-order valence-electron chi connectivity index (χ0n) is 9.54. The fourth-order valence-electron chi connectivity index (χ4n) is 1.20. The van der Waals surface area contributed by atoms with Gasteiger partial charge in [0.2, 0.25) is 6.10 Å². The maximum atomic E-state index is 11.0. The van der Waals surface area contributed by atoms with Crippen LogP contribution in [0.1, 0.15) is 5.56 Å². The molecule has 0 aliphatic heterocycles. The third kappa shape index (κ3) is 5.29. The van der Waals surface area contributed by atoms with Crippen LogP contribution in [-0.4, -0.2) is 35.1 Å². The molecule has 1 atom stereocenters. The molecule has 0 saturated heterocycles. The SMILES string of the molecule is O=C(CBr)OC(COCc1ccccc1)C(=O)O. The topological polar surface area (TPSA) is 72.8 Å². The molecule has 0 spiro atoms. The third-order valence-corrected chi connectivity index (χ3v) is 2.50. The summed E-state index contributed by atoms with van der Waals surface area (Å²) in [5.41, 5.74) is 0.924. The second kappa shape index (κ2) is 7.84. The maximum absolute atomic E-state index is 11.0. The Kier molecular flexibility index (Phi) is 6.38. The first-order valence-electron chi connectivity index (χ1n) is 5.23. The Hall–Kier alpha value is -1.40. The first-order chi connectivity index (χ1) is 8.63. The average Bonchev–Trinajstić information content (AvgIpc) is 2.38. The lowest BCUT2D eigenvalue weighted by Crippen LogP contribution is -2.32. The molecule has 1 aromatic carbocycles. The minimum atomic E-state index is -1.28. The first kappa shape index (κ1) is 14.7. The Morgan fingerprint density at radius 3 is 2.50 bits per heavy atom. The molecule has 1 rings (SSSR count). The molecule has 1 N–H and O–H groups in total. The van der Waals surface area contributed by atoms with E-state index in [1.54, 1.807) is 0 Å². The van der Waals surface area contributed by atoms with Crippen molar-refractivity contribution in [1.82, 2.24) is 0 Å². The van der Waals surface area contributed by atoms with Crippen molar-refractivity contribution in [3.05, 3.63) is 35.9 Å². The van der Waals surface area contributed by atoms with Gasteiger partial charge in [-0.25, -0.2) is 4.79 Å². The number of carbonyl (C=O) groups excluding carboxylic acids is 1. The van der Waals surface area contributed by atoms with E-state index in [0.717, 1.165) is 5.56 Å². The molecule has 6 heteroatoms. The largest absolute Gasteiger partial charge is 0.478 e. The summed E-state index contributed by atoms with van der Waals surface area (Å²) in [6, 6.07) is 9.32. The summed E-state index contributed by atoms with van der Waals surface area (Å²) in [7, 11) is 0. The van der Waals surface area contributed by atoms with Gasteiger partial charge in [0.1, 0.15) is 5.33 Å². The predicted molar refractivity (Wildman–Crippen MR) is 67.4 cm³/mol. The lowest BCUT2D eigenvalue weighted by molar-refractivity contribution is -0.166. The molecule has 0 amide bonds. The van der Waals surface area contributed by atoms with Crippen LogP contribution in [0.4, 0.5) is 0 Å². The number of hydrogen-bond acceptors (Lipinski definition) is 4. The quantitative estimate of drug-likeness (QED) is 0.611. The molecule has 0 aliphatic carbocycles. The van der Waals surface area contributed by atoms with Crippen molar-refractivity contribution in [3.63, 3.8) is 0 Å². The number of benzene rings is 1. The van der Waals surface area contributed by atoms with Crippen molar-refractivity contribution in [2.75, 3.05) is 11.9 Å². The number of ether oxygens (including phenoxy) is 2. The second-order valence-electron chi connectivity index (χ2n) is 3.45. The molecule has 0 heterocycles. The van der Waals surface area contributed by atoms with Crippen molar-refractivity contribution in [3.8, 4) is 0 Å². The third-order valence-electron chi connectivity index (χ3n) is 2.04. The highest BCUT2D eigenvalue weighted by Crippen LogP contribution is 2.03. The number of rotatable bonds is 7. The van der Waals surface area contributed by atoms with Gasteiger partial charge in [0.15, 0.2) is 0 Å². The number of carbonyl (C=O) groups is 2. The van der Waals surface area contributed by atoms with E-state index >= 15 is 0 Å². The normalized spacial score (nSPS) is 11.8. The van der Waals surface area contributed by atoms with Gasteiger partial charge in [0, 0.05) is 0 Å². The van der Waals surface area contributed by atoms with E-state index in [0.29, 0.717) is 0 Å². The summed E-state index contributed by atoms with van der Waals surface area (Å²) < 4.78 is 9.90. The molecule has 1 aromatic rings. The maximum Gasteiger partial charge on any atom is 0.347 e. The van der Waals surface area contributed by atoms with Gasteiger partial charge in [-0.15, -0.1) is 0 Å². The van der Waals surface area contributed by atoms with Crippen LogP contribution in [0.3, 0.4) is 0 Å². The summed E-state index contributed by atoms with van der Waals surface area (Å²) in [5, 5.41) is 8.80.